The van der Waals surface area contributed by atoms with Gasteiger partial charge in [-0.15, -0.1) is 12.3 Å². The Labute approximate surface area is 92.1 Å². The zero-order valence-corrected chi connectivity index (χ0v) is 9.46. The summed E-state index contributed by atoms with van der Waals surface area (Å²) < 4.78 is 0. The summed E-state index contributed by atoms with van der Waals surface area (Å²) in [6.45, 7) is 2.17. The number of carbonyl (C=O) groups excluding carboxylic acids is 1. The van der Waals surface area contributed by atoms with E-state index in [1.165, 1.54) is 0 Å². The Bertz CT molecular complexity index is 254. The second-order valence-corrected chi connectivity index (χ2v) is 4.69. The summed E-state index contributed by atoms with van der Waals surface area (Å²) in [6.07, 6.45) is 10.0. The van der Waals surface area contributed by atoms with E-state index in [4.69, 9.17) is 6.42 Å². The van der Waals surface area contributed by atoms with Crippen LogP contribution in [0.3, 0.4) is 0 Å². The van der Waals surface area contributed by atoms with Crippen molar-refractivity contribution in [2.75, 3.05) is 0 Å². The lowest BCUT2D eigenvalue weighted by molar-refractivity contribution is -0.141. The van der Waals surface area contributed by atoms with Gasteiger partial charge in [0.05, 0.1) is 0 Å². The maximum absolute atomic E-state index is 11.8. The summed E-state index contributed by atoms with van der Waals surface area (Å²) in [5.41, 5.74) is -1.04. The quantitative estimate of drug-likeness (QED) is 0.568. The molecule has 1 rings (SSSR count). The Morgan fingerprint density at radius 3 is 2.67 bits per heavy atom. The zero-order chi connectivity index (χ0) is 11.3. The van der Waals surface area contributed by atoms with Gasteiger partial charge in [0.15, 0.2) is 5.78 Å². The third-order valence-electron chi connectivity index (χ3n) is 3.35. The van der Waals surface area contributed by atoms with Crippen LogP contribution in [0.25, 0.3) is 0 Å². The van der Waals surface area contributed by atoms with Crippen molar-refractivity contribution in [2.24, 2.45) is 5.92 Å². The fourth-order valence-electron chi connectivity index (χ4n) is 2.10. The van der Waals surface area contributed by atoms with Crippen molar-refractivity contribution in [3.8, 4) is 12.3 Å². The van der Waals surface area contributed by atoms with Gasteiger partial charge in [0.1, 0.15) is 5.60 Å². The van der Waals surface area contributed by atoms with E-state index >= 15 is 0 Å². The molecule has 15 heavy (non-hydrogen) atoms. The molecule has 2 heteroatoms. The number of aliphatic hydroxyl groups is 1. The standard InChI is InChI=1S/C13H20O2/c1-3-4-5-6-12(14)13(15)9-7-11(2)8-10-13/h1,11,15H,4-10H2,2H3. The third-order valence-corrected chi connectivity index (χ3v) is 3.35. The highest BCUT2D eigenvalue weighted by Gasteiger charge is 2.37. The minimum absolute atomic E-state index is 0.00958. The molecule has 0 atom stereocenters. The van der Waals surface area contributed by atoms with Crippen LogP contribution >= 0.6 is 0 Å². The summed E-state index contributed by atoms with van der Waals surface area (Å²) in [4.78, 5) is 11.8. The van der Waals surface area contributed by atoms with Crippen LogP contribution in [0, 0.1) is 18.3 Å². The third kappa shape index (κ3) is 3.35. The molecule has 0 aromatic heterocycles. The van der Waals surface area contributed by atoms with Crippen molar-refractivity contribution in [1.29, 1.82) is 0 Å². The van der Waals surface area contributed by atoms with Gasteiger partial charge >= 0.3 is 0 Å². The first-order chi connectivity index (χ1) is 7.08. The van der Waals surface area contributed by atoms with Gasteiger partial charge in [0.25, 0.3) is 0 Å². The molecule has 1 saturated carbocycles. The molecule has 0 aromatic rings. The lowest BCUT2D eigenvalue weighted by atomic mass is 9.76. The maximum atomic E-state index is 11.8. The Morgan fingerprint density at radius 2 is 2.13 bits per heavy atom. The van der Waals surface area contributed by atoms with Crippen molar-refractivity contribution >= 4 is 5.78 Å². The fraction of sp³-hybridized carbons (Fsp3) is 0.769. The lowest BCUT2D eigenvalue weighted by Crippen LogP contribution is -2.41. The van der Waals surface area contributed by atoms with Crippen LogP contribution in [0.2, 0.25) is 0 Å². The van der Waals surface area contributed by atoms with Crippen molar-refractivity contribution in [3.05, 3.63) is 0 Å². The highest BCUT2D eigenvalue weighted by Crippen LogP contribution is 2.33. The van der Waals surface area contributed by atoms with Gasteiger partial charge in [-0.1, -0.05) is 6.92 Å². The highest BCUT2D eigenvalue weighted by atomic mass is 16.3. The highest BCUT2D eigenvalue weighted by molar-refractivity contribution is 5.87. The van der Waals surface area contributed by atoms with Gasteiger partial charge in [-0.05, 0) is 38.0 Å². The number of rotatable bonds is 4. The van der Waals surface area contributed by atoms with E-state index in [-0.39, 0.29) is 5.78 Å². The van der Waals surface area contributed by atoms with Crippen LogP contribution in [-0.2, 0) is 4.79 Å². The smallest absolute Gasteiger partial charge is 0.164 e. The minimum Gasteiger partial charge on any atom is -0.382 e. The molecule has 0 unspecified atom stereocenters. The number of ketones is 1. The first kappa shape index (κ1) is 12.3. The molecule has 0 aliphatic heterocycles. The van der Waals surface area contributed by atoms with Crippen LogP contribution in [-0.4, -0.2) is 16.5 Å². The molecule has 0 radical (unpaired) electrons. The van der Waals surface area contributed by atoms with E-state index in [0.717, 1.165) is 12.8 Å². The van der Waals surface area contributed by atoms with Gasteiger partial charge in [-0.25, -0.2) is 0 Å². The van der Waals surface area contributed by atoms with Gasteiger partial charge < -0.3 is 5.11 Å². The number of terminal acetylenes is 1. The predicted octanol–water partition coefficient (Wildman–Crippen LogP) is 2.30. The van der Waals surface area contributed by atoms with Crippen LogP contribution in [0.1, 0.15) is 51.9 Å². The number of unbranched alkanes of at least 4 members (excludes halogenated alkanes) is 1. The molecule has 0 heterocycles. The average molecular weight is 208 g/mol. The molecule has 0 amide bonds. The van der Waals surface area contributed by atoms with Crippen molar-refractivity contribution in [1.82, 2.24) is 0 Å². The summed E-state index contributed by atoms with van der Waals surface area (Å²) in [6, 6.07) is 0. The van der Waals surface area contributed by atoms with Gasteiger partial charge in [-0.3, -0.25) is 4.79 Å². The molecule has 0 bridgehead atoms. The average Bonchev–Trinajstić information content (AvgIpc) is 2.23. The van der Waals surface area contributed by atoms with Crippen molar-refractivity contribution in [2.45, 2.75) is 57.5 Å². The number of hydrogen-bond donors (Lipinski definition) is 1. The van der Waals surface area contributed by atoms with E-state index in [1.54, 1.807) is 0 Å². The molecular weight excluding hydrogens is 188 g/mol. The van der Waals surface area contributed by atoms with Crippen LogP contribution in [0.15, 0.2) is 0 Å². The van der Waals surface area contributed by atoms with E-state index in [9.17, 15) is 9.90 Å². The monoisotopic (exact) mass is 208 g/mol. The van der Waals surface area contributed by atoms with E-state index in [2.05, 4.69) is 12.8 Å². The Kier molecular flexibility index (Phi) is 4.35. The normalized spacial score (nSPS) is 30.9. The van der Waals surface area contributed by atoms with E-state index < -0.39 is 5.60 Å². The molecule has 84 valence electrons. The zero-order valence-electron chi connectivity index (χ0n) is 9.46. The van der Waals surface area contributed by atoms with Crippen molar-refractivity contribution < 1.29 is 9.90 Å². The summed E-state index contributed by atoms with van der Waals surface area (Å²) in [5.74, 6) is 3.14. The number of carbonyl (C=O) groups is 1. The molecular formula is C13H20O2. The molecule has 1 aliphatic carbocycles. The predicted molar refractivity (Wildman–Crippen MR) is 60.3 cm³/mol. The molecule has 0 aromatic carbocycles. The summed E-state index contributed by atoms with van der Waals surface area (Å²) >= 11 is 0. The lowest BCUT2D eigenvalue weighted by Gasteiger charge is -2.33. The first-order valence-electron chi connectivity index (χ1n) is 5.77. The first-order valence-corrected chi connectivity index (χ1v) is 5.77. The minimum atomic E-state index is -1.04. The second kappa shape index (κ2) is 5.32. The summed E-state index contributed by atoms with van der Waals surface area (Å²) in [7, 11) is 0. The van der Waals surface area contributed by atoms with Crippen molar-refractivity contribution in [3.63, 3.8) is 0 Å². The molecule has 1 fully saturated rings. The Morgan fingerprint density at radius 1 is 1.53 bits per heavy atom. The fourth-order valence-corrected chi connectivity index (χ4v) is 2.10. The van der Waals surface area contributed by atoms with Gasteiger partial charge in [-0.2, -0.15) is 0 Å². The summed E-state index contributed by atoms with van der Waals surface area (Å²) in [5, 5.41) is 10.2. The second-order valence-electron chi connectivity index (χ2n) is 4.69. The van der Waals surface area contributed by atoms with Crippen LogP contribution in [0.4, 0.5) is 0 Å². The number of Topliss-reactive ketones (excluding diaryl/α,β-unsaturated/α-hetero) is 1. The molecule has 1 aliphatic rings. The van der Waals surface area contributed by atoms with Crippen LogP contribution in [0.5, 0.6) is 0 Å². The molecule has 0 saturated heterocycles. The van der Waals surface area contributed by atoms with Gasteiger partial charge in [0.2, 0.25) is 0 Å². The molecule has 0 spiro atoms. The van der Waals surface area contributed by atoms with E-state index in [1.807, 2.05) is 0 Å². The van der Waals surface area contributed by atoms with Gasteiger partial charge in [0, 0.05) is 12.8 Å². The largest absolute Gasteiger partial charge is 0.382 e. The Balaban J connectivity index is 2.40. The number of hydrogen-bond acceptors (Lipinski definition) is 2. The Hall–Kier alpha value is -0.810. The van der Waals surface area contributed by atoms with E-state index in [0.29, 0.717) is 38.0 Å². The van der Waals surface area contributed by atoms with Crippen LogP contribution < -0.4 is 0 Å². The SMILES string of the molecule is C#CCCCC(=O)C1(O)CCC(C)CC1. The maximum Gasteiger partial charge on any atom is 0.164 e. The molecule has 1 N–H and O–H groups in total. The molecule has 2 nitrogen and oxygen atoms in total. The topological polar surface area (TPSA) is 37.3 Å².